The molecule has 1 aliphatic heterocycles. The molecule has 0 saturated carbocycles. The number of carbonyl (C=O) groups is 2. The molecule has 8 heteroatoms. The number of amides is 2. The van der Waals surface area contributed by atoms with E-state index in [9.17, 15) is 14.7 Å². The van der Waals surface area contributed by atoms with Gasteiger partial charge in [0.2, 0.25) is 11.8 Å². The van der Waals surface area contributed by atoms with Gasteiger partial charge in [-0.2, -0.15) is 0 Å². The van der Waals surface area contributed by atoms with E-state index in [4.69, 9.17) is 14.3 Å². The largest absolute Gasteiger partial charge is 0.486 e. The summed E-state index contributed by atoms with van der Waals surface area (Å²) >= 11 is 0. The Hall–Kier alpha value is -3.10. The second-order valence-corrected chi connectivity index (χ2v) is 7.46. The second-order valence-electron chi connectivity index (χ2n) is 7.46. The normalized spacial score (nSPS) is 24.3. The average Bonchev–Trinajstić information content (AvgIpc) is 3.39. The zero-order chi connectivity index (χ0) is 21.3. The highest BCUT2D eigenvalue weighted by atomic mass is 16.5. The SMILES string of the molecule is CC(=O)N(Cc1ccoc1)C1C=C(C(=O)NCCO)C2c3ccccc3OC2C1O. The molecule has 0 saturated heterocycles. The van der Waals surface area contributed by atoms with Crippen LogP contribution in [0.3, 0.4) is 0 Å². The third kappa shape index (κ3) is 3.59. The smallest absolute Gasteiger partial charge is 0.247 e. The fourth-order valence-electron chi connectivity index (χ4n) is 4.20. The van der Waals surface area contributed by atoms with Crippen molar-refractivity contribution in [2.75, 3.05) is 13.2 Å². The Labute approximate surface area is 173 Å². The van der Waals surface area contributed by atoms with Gasteiger partial charge < -0.3 is 29.6 Å². The number of para-hydroxylation sites is 1. The van der Waals surface area contributed by atoms with Crippen LogP contribution in [0, 0.1) is 0 Å². The Bertz CT molecular complexity index is 954. The van der Waals surface area contributed by atoms with E-state index >= 15 is 0 Å². The number of hydrogen-bond donors (Lipinski definition) is 3. The molecule has 1 aromatic carbocycles. The molecule has 2 aromatic rings. The predicted molar refractivity (Wildman–Crippen MR) is 107 cm³/mol. The van der Waals surface area contributed by atoms with E-state index in [1.165, 1.54) is 24.3 Å². The van der Waals surface area contributed by atoms with Gasteiger partial charge in [-0.1, -0.05) is 18.2 Å². The summed E-state index contributed by atoms with van der Waals surface area (Å²) in [7, 11) is 0. The molecule has 3 N–H and O–H groups in total. The first-order chi connectivity index (χ1) is 14.5. The van der Waals surface area contributed by atoms with Crippen molar-refractivity contribution < 1.29 is 29.0 Å². The summed E-state index contributed by atoms with van der Waals surface area (Å²) in [5.41, 5.74) is 2.00. The summed E-state index contributed by atoms with van der Waals surface area (Å²) in [4.78, 5) is 26.9. The quantitative estimate of drug-likeness (QED) is 0.651. The van der Waals surface area contributed by atoms with E-state index in [1.54, 1.807) is 18.2 Å². The van der Waals surface area contributed by atoms with E-state index < -0.39 is 24.2 Å². The number of fused-ring (bicyclic) bond motifs is 3. The van der Waals surface area contributed by atoms with E-state index in [-0.39, 0.29) is 31.5 Å². The summed E-state index contributed by atoms with van der Waals surface area (Å²) in [6, 6.07) is 8.33. The van der Waals surface area contributed by atoms with Crippen molar-refractivity contribution in [1.29, 1.82) is 0 Å². The van der Waals surface area contributed by atoms with Crippen molar-refractivity contribution in [3.05, 3.63) is 65.6 Å². The van der Waals surface area contributed by atoms with Crippen LogP contribution in [0.4, 0.5) is 0 Å². The zero-order valence-electron chi connectivity index (χ0n) is 16.5. The molecule has 2 aliphatic rings. The number of ether oxygens (including phenoxy) is 1. The Morgan fingerprint density at radius 1 is 1.23 bits per heavy atom. The van der Waals surface area contributed by atoms with Gasteiger partial charge in [0, 0.05) is 36.7 Å². The van der Waals surface area contributed by atoms with Crippen LogP contribution in [0.25, 0.3) is 0 Å². The van der Waals surface area contributed by atoms with Crippen LogP contribution in [-0.4, -0.2) is 58.3 Å². The maximum Gasteiger partial charge on any atom is 0.247 e. The van der Waals surface area contributed by atoms with Crippen LogP contribution >= 0.6 is 0 Å². The Morgan fingerprint density at radius 3 is 2.73 bits per heavy atom. The molecular weight excluding hydrogens is 388 g/mol. The van der Waals surface area contributed by atoms with Crippen LogP contribution in [0.2, 0.25) is 0 Å². The Kier molecular flexibility index (Phi) is 5.61. The van der Waals surface area contributed by atoms with E-state index in [2.05, 4.69) is 5.32 Å². The molecule has 8 nitrogen and oxygen atoms in total. The lowest BCUT2D eigenvalue weighted by atomic mass is 9.77. The van der Waals surface area contributed by atoms with E-state index in [1.807, 2.05) is 18.2 Å². The first-order valence-corrected chi connectivity index (χ1v) is 9.84. The molecule has 30 heavy (non-hydrogen) atoms. The highest BCUT2D eigenvalue weighted by molar-refractivity contribution is 5.96. The molecule has 2 heterocycles. The van der Waals surface area contributed by atoms with Crippen LogP contribution in [-0.2, 0) is 16.1 Å². The number of carbonyl (C=O) groups excluding carboxylic acids is 2. The molecule has 158 valence electrons. The van der Waals surface area contributed by atoms with Crippen molar-refractivity contribution in [3.8, 4) is 5.75 Å². The lowest BCUT2D eigenvalue weighted by Gasteiger charge is -2.40. The van der Waals surface area contributed by atoms with Crippen LogP contribution in [0.5, 0.6) is 5.75 Å². The van der Waals surface area contributed by atoms with Gasteiger partial charge >= 0.3 is 0 Å². The number of nitrogens with one attached hydrogen (secondary N) is 1. The highest BCUT2D eigenvalue weighted by Gasteiger charge is 2.50. The highest BCUT2D eigenvalue weighted by Crippen LogP contribution is 2.47. The standard InChI is InChI=1S/C22H24N2O6/c1-13(26)24(11-14-6-9-29-12-14)17-10-16(22(28)23-7-8-25)19-15-4-2-3-5-18(15)30-21(19)20(17)27/h2-6,9-10,12,17,19-21,25,27H,7-8,11H2,1H3,(H,23,28). The lowest BCUT2D eigenvalue weighted by Crippen LogP contribution is -2.55. The zero-order valence-corrected chi connectivity index (χ0v) is 16.5. The fourth-order valence-corrected chi connectivity index (χ4v) is 4.20. The summed E-state index contributed by atoms with van der Waals surface area (Å²) in [5, 5.41) is 23.0. The first-order valence-electron chi connectivity index (χ1n) is 9.84. The molecule has 0 fully saturated rings. The Morgan fingerprint density at radius 2 is 2.03 bits per heavy atom. The lowest BCUT2D eigenvalue weighted by molar-refractivity contribution is -0.135. The number of hydrogen-bond acceptors (Lipinski definition) is 6. The van der Waals surface area contributed by atoms with Gasteiger partial charge in [-0.15, -0.1) is 0 Å². The maximum atomic E-state index is 12.9. The van der Waals surface area contributed by atoms with Gasteiger partial charge in [0.25, 0.3) is 0 Å². The fraction of sp³-hybridized carbons (Fsp3) is 0.364. The molecule has 0 bridgehead atoms. The van der Waals surface area contributed by atoms with Crippen LogP contribution < -0.4 is 10.1 Å². The van der Waals surface area contributed by atoms with Gasteiger partial charge in [0.15, 0.2) is 0 Å². The number of furan rings is 1. The summed E-state index contributed by atoms with van der Waals surface area (Å²) in [5.74, 6) is -0.463. The number of rotatable bonds is 6. The number of nitrogens with zero attached hydrogens (tertiary/aromatic N) is 1. The third-order valence-electron chi connectivity index (χ3n) is 5.57. The minimum absolute atomic E-state index is 0.106. The molecule has 1 aliphatic carbocycles. The maximum absolute atomic E-state index is 12.9. The van der Waals surface area contributed by atoms with Gasteiger partial charge in [-0.05, 0) is 18.2 Å². The molecule has 4 atom stereocenters. The van der Waals surface area contributed by atoms with Crippen molar-refractivity contribution in [3.63, 3.8) is 0 Å². The van der Waals surface area contributed by atoms with Crippen molar-refractivity contribution in [2.45, 2.75) is 37.6 Å². The van der Waals surface area contributed by atoms with Crippen LogP contribution in [0.1, 0.15) is 24.0 Å². The van der Waals surface area contributed by atoms with E-state index in [0.29, 0.717) is 11.3 Å². The van der Waals surface area contributed by atoms with E-state index in [0.717, 1.165) is 11.1 Å². The molecule has 1 aromatic heterocycles. The summed E-state index contributed by atoms with van der Waals surface area (Å²) in [6.45, 7) is 1.56. The van der Waals surface area contributed by atoms with Crippen LogP contribution in [0.15, 0.2) is 58.9 Å². The van der Waals surface area contributed by atoms with Gasteiger partial charge in [-0.3, -0.25) is 9.59 Å². The minimum Gasteiger partial charge on any atom is -0.486 e. The first kappa shape index (κ1) is 20.2. The summed E-state index contributed by atoms with van der Waals surface area (Å²) in [6.07, 6.45) is 2.95. The van der Waals surface area contributed by atoms with Gasteiger partial charge in [0.1, 0.15) is 18.0 Å². The number of aliphatic hydroxyl groups excluding tert-OH is 2. The Balaban J connectivity index is 1.74. The second kappa shape index (κ2) is 8.33. The minimum atomic E-state index is -1.03. The molecule has 4 unspecified atom stereocenters. The summed E-state index contributed by atoms with van der Waals surface area (Å²) < 4.78 is 11.1. The molecule has 0 spiro atoms. The molecular formula is C22H24N2O6. The molecule has 4 rings (SSSR count). The predicted octanol–water partition coefficient (Wildman–Crippen LogP) is 0.951. The van der Waals surface area contributed by atoms with Gasteiger partial charge in [0.05, 0.1) is 31.1 Å². The monoisotopic (exact) mass is 412 g/mol. The number of benzene rings is 1. The molecule has 2 amide bonds. The van der Waals surface area contributed by atoms with Crippen molar-refractivity contribution in [1.82, 2.24) is 10.2 Å². The molecule has 0 radical (unpaired) electrons. The van der Waals surface area contributed by atoms with Gasteiger partial charge in [-0.25, -0.2) is 0 Å². The number of aliphatic hydroxyl groups is 2. The van der Waals surface area contributed by atoms with Crippen molar-refractivity contribution >= 4 is 11.8 Å². The topological polar surface area (TPSA) is 112 Å². The average molecular weight is 412 g/mol. The van der Waals surface area contributed by atoms with Crippen molar-refractivity contribution in [2.24, 2.45) is 0 Å². The third-order valence-corrected chi connectivity index (χ3v) is 5.57.